The summed E-state index contributed by atoms with van der Waals surface area (Å²) in [5.74, 6) is -0.713. The van der Waals surface area contributed by atoms with Gasteiger partial charge in [0.25, 0.3) is 0 Å². The fourth-order valence-corrected chi connectivity index (χ4v) is 9.49. The molecule has 9 heteroatoms. The van der Waals surface area contributed by atoms with E-state index in [1.165, 1.54) is 16.4 Å². The van der Waals surface area contributed by atoms with Crippen LogP contribution in [0, 0.1) is 0 Å². The van der Waals surface area contributed by atoms with Crippen molar-refractivity contribution in [2.75, 3.05) is 65.4 Å². The maximum Gasteiger partial charge on any atom is 0.199 e. The molecule has 0 bridgehead atoms. The number of hydrogen-bond acceptors (Lipinski definition) is 6. The van der Waals surface area contributed by atoms with Crippen LogP contribution in [0.4, 0.5) is 5.69 Å². The number of unbranched alkanes of at least 4 members (excludes halogenated alkanes) is 3. The number of carboxylic acids is 1. The normalized spacial score (nSPS) is 14.9. The number of aromatic carboxylic acids is 1. The molecule has 2 aliphatic rings. The summed E-state index contributed by atoms with van der Waals surface area (Å²) in [4.78, 5) is 27.9. The van der Waals surface area contributed by atoms with Crippen LogP contribution in [-0.2, 0) is 9.47 Å². The molecule has 4 rings (SSSR count). The lowest BCUT2D eigenvalue weighted by atomic mass is 9.86. The van der Waals surface area contributed by atoms with Gasteiger partial charge < -0.3 is 24.3 Å². The Bertz CT molecular complexity index is 1600. The van der Waals surface area contributed by atoms with E-state index in [0.29, 0.717) is 49.9 Å². The third-order valence-electron chi connectivity index (χ3n) is 8.99. The van der Waals surface area contributed by atoms with Gasteiger partial charge in [-0.05, 0) is 76.2 Å². The van der Waals surface area contributed by atoms with Crippen molar-refractivity contribution in [2.45, 2.75) is 51.6 Å². The van der Waals surface area contributed by atoms with Gasteiger partial charge in [0.15, 0.2) is 11.5 Å². The Labute approximate surface area is 286 Å². The summed E-state index contributed by atoms with van der Waals surface area (Å²) < 4.78 is 13.3. The summed E-state index contributed by atoms with van der Waals surface area (Å²) in [7, 11) is 5.93. The van der Waals surface area contributed by atoms with E-state index < -0.39 is 14.0 Å². The van der Waals surface area contributed by atoms with Gasteiger partial charge in [0, 0.05) is 68.6 Å². The van der Waals surface area contributed by atoms with Gasteiger partial charge in [-0.3, -0.25) is 4.79 Å². The van der Waals surface area contributed by atoms with Crippen molar-refractivity contribution in [3.63, 3.8) is 0 Å². The number of alkyl halides is 1. The molecule has 2 aromatic rings. The molecule has 7 nitrogen and oxygen atoms in total. The Morgan fingerprint density at radius 1 is 0.872 bits per heavy atom. The van der Waals surface area contributed by atoms with Gasteiger partial charge in [0.2, 0.25) is 0 Å². The van der Waals surface area contributed by atoms with Crippen molar-refractivity contribution in [1.29, 1.82) is 0 Å². The Kier molecular flexibility index (Phi) is 13.0. The standard InChI is InChI=1S/C38H49ClN2O5Si/c1-40(2)28-14-17-31-35(25-28)47(5,6)36-26-29(41(3)4)15-18-32(36)37(31)30-16-13-27(24-33(30)38(43)44)34(42)12-11-21-46-23-22-45-20-10-8-7-9-19-39/h13-18,24-26H,7-12,19-23H2,1-6H3. The second kappa shape index (κ2) is 16.7. The van der Waals surface area contributed by atoms with Crippen LogP contribution in [0.15, 0.2) is 65.4 Å². The summed E-state index contributed by atoms with van der Waals surface area (Å²) in [6.45, 7) is 6.86. The van der Waals surface area contributed by atoms with E-state index in [0.717, 1.165) is 53.8 Å². The number of halogens is 1. The Morgan fingerprint density at radius 3 is 2.21 bits per heavy atom. The van der Waals surface area contributed by atoms with Crippen molar-refractivity contribution in [3.8, 4) is 0 Å². The van der Waals surface area contributed by atoms with E-state index in [1.54, 1.807) is 12.1 Å². The number of fused-ring (bicyclic) bond motifs is 2. The number of anilines is 1. The molecule has 0 fully saturated rings. The fraction of sp³-hybridized carbons (Fsp3) is 0.447. The SMILES string of the molecule is CN(C)c1ccc2c(c1)[Si](C)(C)C1=CC(=[N+](C)C)C=CC1=C2c1ccc(C(=O)CCCOCCOCCCCCCCl)cc1C(=O)[O-]. The van der Waals surface area contributed by atoms with Crippen LogP contribution >= 0.6 is 11.6 Å². The molecule has 0 unspecified atom stereocenters. The predicted molar refractivity (Wildman–Crippen MR) is 193 cm³/mol. The van der Waals surface area contributed by atoms with Gasteiger partial charge in [-0.25, -0.2) is 4.58 Å². The van der Waals surface area contributed by atoms with Crippen molar-refractivity contribution >= 4 is 53.6 Å². The summed E-state index contributed by atoms with van der Waals surface area (Å²) in [5, 5.41) is 15.2. The van der Waals surface area contributed by atoms with Crippen molar-refractivity contribution < 1.29 is 28.7 Å². The highest BCUT2D eigenvalue weighted by Gasteiger charge is 2.40. The molecule has 0 saturated carbocycles. The highest BCUT2D eigenvalue weighted by atomic mass is 35.5. The quantitative estimate of drug-likeness (QED) is 0.0735. The van der Waals surface area contributed by atoms with Crippen molar-refractivity contribution in [3.05, 3.63) is 87.6 Å². The van der Waals surface area contributed by atoms with Gasteiger partial charge in [0.05, 0.1) is 19.2 Å². The number of rotatable bonds is 17. The largest absolute Gasteiger partial charge is 0.545 e. The van der Waals surface area contributed by atoms with E-state index in [2.05, 4.69) is 59.0 Å². The van der Waals surface area contributed by atoms with Crippen LogP contribution in [0.5, 0.6) is 0 Å². The van der Waals surface area contributed by atoms with Crippen LogP contribution in [-0.4, -0.2) is 90.6 Å². The second-order valence-corrected chi connectivity index (χ2v) is 17.9. The first-order valence-corrected chi connectivity index (χ1v) is 20.1. The molecule has 47 heavy (non-hydrogen) atoms. The molecular weight excluding hydrogens is 628 g/mol. The van der Waals surface area contributed by atoms with E-state index >= 15 is 0 Å². The molecule has 0 spiro atoms. The summed E-state index contributed by atoms with van der Waals surface area (Å²) in [6.07, 6.45) is 11.6. The molecule has 0 saturated heterocycles. The van der Waals surface area contributed by atoms with Crippen LogP contribution in [0.1, 0.15) is 70.4 Å². The molecular formula is C38H49ClN2O5Si. The van der Waals surface area contributed by atoms with E-state index in [-0.39, 0.29) is 17.8 Å². The molecule has 252 valence electrons. The summed E-state index contributed by atoms with van der Waals surface area (Å²) in [5.41, 5.74) is 6.08. The fourth-order valence-electron chi connectivity index (χ4n) is 6.23. The van der Waals surface area contributed by atoms with Crippen LogP contribution in [0.3, 0.4) is 0 Å². The van der Waals surface area contributed by atoms with Gasteiger partial charge >= 0.3 is 0 Å². The molecule has 0 amide bonds. The highest BCUT2D eigenvalue weighted by molar-refractivity contribution is 6.98. The molecule has 1 aliphatic heterocycles. The maximum absolute atomic E-state index is 13.2. The van der Waals surface area contributed by atoms with E-state index in [9.17, 15) is 14.7 Å². The molecule has 2 aromatic carbocycles. The zero-order valence-corrected chi connectivity index (χ0v) is 30.5. The van der Waals surface area contributed by atoms with Gasteiger partial charge in [-0.2, -0.15) is 0 Å². The maximum atomic E-state index is 13.2. The number of benzene rings is 2. The van der Waals surface area contributed by atoms with Gasteiger partial charge in [-0.1, -0.05) is 44.1 Å². The lowest BCUT2D eigenvalue weighted by molar-refractivity contribution is -0.462. The number of Topliss-reactive ketones (excluding diaryl/α,β-unsaturated/α-hetero) is 1. The molecule has 0 radical (unpaired) electrons. The van der Waals surface area contributed by atoms with Crippen LogP contribution in [0.25, 0.3) is 5.57 Å². The predicted octanol–water partition coefficient (Wildman–Crippen LogP) is 5.39. The molecule has 1 heterocycles. The number of nitrogens with zero attached hydrogens (tertiary/aromatic N) is 2. The first-order chi connectivity index (χ1) is 22.5. The first kappa shape index (κ1) is 36.5. The minimum atomic E-state index is -2.19. The Balaban J connectivity index is 1.54. The van der Waals surface area contributed by atoms with Gasteiger partial charge in [0.1, 0.15) is 22.2 Å². The lowest BCUT2D eigenvalue weighted by Gasteiger charge is -2.38. The number of carbonyl (C=O) groups is 2. The van der Waals surface area contributed by atoms with Crippen molar-refractivity contribution in [2.24, 2.45) is 0 Å². The summed E-state index contributed by atoms with van der Waals surface area (Å²) >= 11 is 5.70. The minimum Gasteiger partial charge on any atom is -0.545 e. The second-order valence-electron chi connectivity index (χ2n) is 13.2. The summed E-state index contributed by atoms with van der Waals surface area (Å²) in [6, 6.07) is 11.5. The zero-order chi connectivity index (χ0) is 34.1. The Morgan fingerprint density at radius 2 is 1.55 bits per heavy atom. The monoisotopic (exact) mass is 676 g/mol. The molecule has 0 aromatic heterocycles. The number of ketones is 1. The van der Waals surface area contributed by atoms with Crippen LogP contribution in [0.2, 0.25) is 13.1 Å². The van der Waals surface area contributed by atoms with E-state index in [4.69, 9.17) is 21.1 Å². The smallest absolute Gasteiger partial charge is 0.199 e. The lowest BCUT2D eigenvalue weighted by Crippen LogP contribution is -2.50. The number of carboxylic acid groups (broad SMARTS) is 1. The highest BCUT2D eigenvalue weighted by Crippen LogP contribution is 2.42. The number of hydrogen-bond donors (Lipinski definition) is 0. The number of ether oxygens (including phenoxy) is 2. The molecule has 0 atom stereocenters. The average Bonchev–Trinajstić information content (AvgIpc) is 3.04. The first-order valence-electron chi connectivity index (χ1n) is 16.6. The Hall–Kier alpha value is -3.30. The van der Waals surface area contributed by atoms with Crippen molar-refractivity contribution in [1.82, 2.24) is 0 Å². The molecule has 0 N–H and O–H groups in total. The average molecular weight is 677 g/mol. The zero-order valence-electron chi connectivity index (χ0n) is 28.8. The third-order valence-corrected chi connectivity index (χ3v) is 12.8. The topological polar surface area (TPSA) is 81.9 Å². The number of allylic oxidation sites excluding steroid dienone is 5. The minimum absolute atomic E-state index is 0.0218. The van der Waals surface area contributed by atoms with E-state index in [1.807, 2.05) is 28.2 Å². The molecule has 1 aliphatic carbocycles. The van der Waals surface area contributed by atoms with Crippen LogP contribution < -0.4 is 15.2 Å². The van der Waals surface area contributed by atoms with Gasteiger partial charge in [-0.15, -0.1) is 11.6 Å². The third kappa shape index (κ3) is 8.79. The number of carbonyl (C=O) groups excluding carboxylic acids is 2.